The van der Waals surface area contributed by atoms with Crippen LogP contribution >= 0.6 is 0 Å². The van der Waals surface area contributed by atoms with Crippen LogP contribution in [0.4, 0.5) is 5.69 Å². The number of ether oxygens (including phenoxy) is 2. The third kappa shape index (κ3) is 4.42. The largest absolute Gasteiger partial charge is 0.507 e. The van der Waals surface area contributed by atoms with E-state index >= 15 is 0 Å². The number of anilines is 1. The SMILES string of the molecule is COc1cccc(N2C(=O)C(=O)/C(=C(\O)c3cccc4ccccc34)C2c2ccc(OC(C)C)cc2)c1. The van der Waals surface area contributed by atoms with Crippen molar-refractivity contribution in [3.8, 4) is 11.5 Å². The Kier molecular flexibility index (Phi) is 6.40. The molecule has 1 fully saturated rings. The van der Waals surface area contributed by atoms with Crippen LogP contribution in [-0.2, 0) is 9.59 Å². The standard InChI is InChI=1S/C31H27NO5/c1-19(2)37-23-16-14-21(15-17-23)28-27(29(33)26-13-6-9-20-8-4-5-12-25(20)26)30(34)31(35)32(28)22-10-7-11-24(18-22)36-3/h4-19,28,33H,1-3H3/b29-27-. The van der Waals surface area contributed by atoms with Crippen LogP contribution in [0.25, 0.3) is 16.5 Å². The highest BCUT2D eigenvalue weighted by molar-refractivity contribution is 6.51. The predicted molar refractivity (Wildman–Crippen MR) is 144 cm³/mol. The Balaban J connectivity index is 1.72. The lowest BCUT2D eigenvalue weighted by atomic mass is 9.93. The summed E-state index contributed by atoms with van der Waals surface area (Å²) < 4.78 is 11.1. The number of rotatable bonds is 6. The van der Waals surface area contributed by atoms with Gasteiger partial charge in [-0.2, -0.15) is 0 Å². The summed E-state index contributed by atoms with van der Waals surface area (Å²) in [6.45, 7) is 3.88. The van der Waals surface area contributed by atoms with Crippen LogP contribution in [0.2, 0.25) is 0 Å². The third-order valence-electron chi connectivity index (χ3n) is 6.39. The van der Waals surface area contributed by atoms with Crippen LogP contribution in [0.15, 0.2) is 96.6 Å². The lowest BCUT2D eigenvalue weighted by Crippen LogP contribution is -2.29. The van der Waals surface area contributed by atoms with E-state index in [1.807, 2.05) is 62.4 Å². The van der Waals surface area contributed by atoms with E-state index in [4.69, 9.17) is 9.47 Å². The molecule has 0 aromatic heterocycles. The molecule has 1 saturated heterocycles. The fourth-order valence-electron chi connectivity index (χ4n) is 4.75. The second-order valence-corrected chi connectivity index (χ2v) is 9.13. The first-order chi connectivity index (χ1) is 17.9. The van der Waals surface area contributed by atoms with Crippen molar-refractivity contribution in [1.82, 2.24) is 0 Å². The number of fused-ring (bicyclic) bond motifs is 1. The number of aliphatic hydroxyl groups is 1. The van der Waals surface area contributed by atoms with Gasteiger partial charge in [-0.1, -0.05) is 60.7 Å². The number of nitrogens with zero attached hydrogens (tertiary/aromatic N) is 1. The van der Waals surface area contributed by atoms with Gasteiger partial charge in [0.05, 0.1) is 24.8 Å². The van der Waals surface area contributed by atoms with Gasteiger partial charge in [-0.15, -0.1) is 0 Å². The van der Waals surface area contributed by atoms with E-state index in [-0.39, 0.29) is 17.4 Å². The summed E-state index contributed by atoms with van der Waals surface area (Å²) in [6, 6.07) is 26.5. The maximum atomic E-state index is 13.5. The first-order valence-electron chi connectivity index (χ1n) is 12.1. The van der Waals surface area contributed by atoms with Crippen LogP contribution in [0, 0.1) is 0 Å². The Morgan fingerprint density at radius 3 is 2.30 bits per heavy atom. The summed E-state index contributed by atoms with van der Waals surface area (Å²) >= 11 is 0. The van der Waals surface area contributed by atoms with Crippen LogP contribution in [-0.4, -0.2) is 30.0 Å². The molecule has 4 aromatic carbocycles. The van der Waals surface area contributed by atoms with Crippen LogP contribution in [0.3, 0.4) is 0 Å². The fourth-order valence-corrected chi connectivity index (χ4v) is 4.75. The van der Waals surface area contributed by atoms with Crippen LogP contribution < -0.4 is 14.4 Å². The second kappa shape index (κ2) is 9.82. The average molecular weight is 494 g/mol. The van der Waals surface area contributed by atoms with Gasteiger partial charge in [0.15, 0.2) is 0 Å². The molecule has 186 valence electrons. The zero-order chi connectivity index (χ0) is 26.1. The molecule has 1 unspecified atom stereocenters. The van der Waals surface area contributed by atoms with Crippen LogP contribution in [0.5, 0.6) is 11.5 Å². The van der Waals surface area contributed by atoms with E-state index in [0.29, 0.717) is 28.3 Å². The number of amides is 1. The topological polar surface area (TPSA) is 76.1 Å². The monoisotopic (exact) mass is 493 g/mol. The van der Waals surface area contributed by atoms with Crippen molar-refractivity contribution in [2.24, 2.45) is 0 Å². The Bertz CT molecular complexity index is 1520. The minimum absolute atomic E-state index is 0.000342. The van der Waals surface area contributed by atoms with Gasteiger partial charge in [-0.05, 0) is 54.4 Å². The second-order valence-electron chi connectivity index (χ2n) is 9.13. The summed E-state index contributed by atoms with van der Waals surface area (Å²) in [7, 11) is 1.54. The quantitative estimate of drug-likeness (QED) is 0.195. The van der Waals surface area contributed by atoms with E-state index in [9.17, 15) is 14.7 Å². The third-order valence-corrected chi connectivity index (χ3v) is 6.39. The molecule has 5 rings (SSSR count). The molecule has 6 heteroatoms. The smallest absolute Gasteiger partial charge is 0.300 e. The Hall–Kier alpha value is -4.58. The number of aliphatic hydroxyl groups excluding tert-OH is 1. The average Bonchev–Trinajstić information content (AvgIpc) is 3.18. The van der Waals surface area contributed by atoms with Crippen molar-refractivity contribution in [3.05, 3.63) is 108 Å². The van der Waals surface area contributed by atoms with Gasteiger partial charge in [0.25, 0.3) is 11.7 Å². The van der Waals surface area contributed by atoms with E-state index < -0.39 is 17.7 Å². The summed E-state index contributed by atoms with van der Waals surface area (Å²) in [5.74, 6) is -0.463. The molecule has 0 saturated carbocycles. The van der Waals surface area contributed by atoms with Crippen molar-refractivity contribution in [2.75, 3.05) is 12.0 Å². The fraction of sp³-hybridized carbons (Fsp3) is 0.161. The number of methoxy groups -OCH3 is 1. The number of carbonyl (C=O) groups excluding carboxylic acids is 2. The first kappa shape index (κ1) is 24.1. The number of benzene rings is 4. The maximum absolute atomic E-state index is 13.5. The number of hydrogen-bond acceptors (Lipinski definition) is 5. The highest BCUT2D eigenvalue weighted by Gasteiger charge is 2.47. The number of Topliss-reactive ketones (excluding diaryl/α,β-unsaturated/α-hetero) is 1. The Morgan fingerprint density at radius 2 is 1.57 bits per heavy atom. The zero-order valence-corrected chi connectivity index (χ0v) is 20.8. The molecule has 0 spiro atoms. The molecule has 1 atom stereocenters. The van der Waals surface area contributed by atoms with E-state index in [0.717, 1.165) is 10.8 Å². The zero-order valence-electron chi connectivity index (χ0n) is 20.8. The molecule has 0 bridgehead atoms. The molecule has 1 aliphatic heterocycles. The highest BCUT2D eigenvalue weighted by atomic mass is 16.5. The van der Waals surface area contributed by atoms with Crippen LogP contribution in [0.1, 0.15) is 31.0 Å². The minimum Gasteiger partial charge on any atom is -0.507 e. The summed E-state index contributed by atoms with van der Waals surface area (Å²) in [5.41, 5.74) is 1.68. The molecule has 1 aliphatic rings. The minimum atomic E-state index is -0.848. The molecule has 0 aliphatic carbocycles. The number of ketones is 1. The first-order valence-corrected chi connectivity index (χ1v) is 12.1. The van der Waals surface area contributed by atoms with Crippen molar-refractivity contribution < 1.29 is 24.2 Å². The van der Waals surface area contributed by atoms with E-state index in [2.05, 4.69) is 0 Å². The van der Waals surface area contributed by atoms with Crippen molar-refractivity contribution >= 4 is 33.9 Å². The summed E-state index contributed by atoms with van der Waals surface area (Å²) in [5, 5.41) is 13.3. The highest BCUT2D eigenvalue weighted by Crippen LogP contribution is 2.43. The van der Waals surface area contributed by atoms with E-state index in [1.54, 1.807) is 49.6 Å². The Labute approximate surface area is 215 Å². The van der Waals surface area contributed by atoms with Gasteiger partial charge in [-0.25, -0.2) is 0 Å². The molecule has 4 aromatic rings. The molecule has 37 heavy (non-hydrogen) atoms. The van der Waals surface area contributed by atoms with Gasteiger partial charge >= 0.3 is 0 Å². The van der Waals surface area contributed by atoms with Crippen molar-refractivity contribution in [2.45, 2.75) is 26.0 Å². The van der Waals surface area contributed by atoms with Crippen molar-refractivity contribution in [1.29, 1.82) is 0 Å². The Morgan fingerprint density at radius 1 is 0.865 bits per heavy atom. The van der Waals surface area contributed by atoms with Gasteiger partial charge in [0.2, 0.25) is 0 Å². The van der Waals surface area contributed by atoms with Gasteiger partial charge in [0.1, 0.15) is 17.3 Å². The number of hydrogen-bond donors (Lipinski definition) is 1. The van der Waals surface area contributed by atoms with Gasteiger partial charge in [0, 0.05) is 17.3 Å². The van der Waals surface area contributed by atoms with E-state index in [1.165, 1.54) is 4.90 Å². The molecule has 1 N–H and O–H groups in total. The summed E-state index contributed by atoms with van der Waals surface area (Å²) in [6.07, 6.45) is -0.000342. The molecule has 6 nitrogen and oxygen atoms in total. The molecule has 1 heterocycles. The molecule has 0 radical (unpaired) electrons. The lowest BCUT2D eigenvalue weighted by molar-refractivity contribution is -0.132. The normalized spacial score (nSPS) is 17.0. The van der Waals surface area contributed by atoms with Gasteiger partial charge in [-0.3, -0.25) is 14.5 Å². The summed E-state index contributed by atoms with van der Waals surface area (Å²) in [4.78, 5) is 28.4. The maximum Gasteiger partial charge on any atom is 0.300 e. The molecular weight excluding hydrogens is 466 g/mol. The lowest BCUT2D eigenvalue weighted by Gasteiger charge is -2.26. The van der Waals surface area contributed by atoms with Gasteiger partial charge < -0.3 is 14.6 Å². The predicted octanol–water partition coefficient (Wildman–Crippen LogP) is 6.26. The number of carbonyl (C=O) groups is 2. The van der Waals surface area contributed by atoms with Crippen molar-refractivity contribution in [3.63, 3.8) is 0 Å². The molecular formula is C31H27NO5. The molecule has 1 amide bonds.